The number of rotatable bonds is 9. The molecule has 3 fully saturated rings. The Labute approximate surface area is 274 Å². The highest BCUT2D eigenvalue weighted by Crippen LogP contribution is 2.41. The van der Waals surface area contributed by atoms with Crippen LogP contribution >= 0.6 is 0 Å². The van der Waals surface area contributed by atoms with Gasteiger partial charge in [-0.25, -0.2) is 23.8 Å². The summed E-state index contributed by atoms with van der Waals surface area (Å²) in [5, 5.41) is 7.82. The van der Waals surface area contributed by atoms with Gasteiger partial charge >= 0.3 is 0 Å². The van der Waals surface area contributed by atoms with Gasteiger partial charge in [0, 0.05) is 69.4 Å². The lowest BCUT2D eigenvalue weighted by molar-refractivity contribution is -0.111. The number of amides is 1. The molecule has 0 unspecified atom stereocenters. The molecule has 3 aliphatic heterocycles. The molecule has 3 aromatic rings. The molecule has 47 heavy (non-hydrogen) atoms. The number of carbonyl (C=O) groups excluding carboxylic acids is 1. The Kier molecular flexibility index (Phi) is 9.85. The summed E-state index contributed by atoms with van der Waals surface area (Å²) in [6, 6.07) is 9.54. The van der Waals surface area contributed by atoms with E-state index in [0.717, 1.165) is 57.3 Å². The van der Waals surface area contributed by atoms with E-state index in [1.54, 1.807) is 18.2 Å². The number of benzene rings is 2. The van der Waals surface area contributed by atoms with Gasteiger partial charge in [-0.3, -0.25) is 14.5 Å². The number of methoxy groups -OCH3 is 1. The summed E-state index contributed by atoms with van der Waals surface area (Å²) in [6.45, 7) is 11.2. The van der Waals surface area contributed by atoms with Gasteiger partial charge in [-0.05, 0) is 56.7 Å². The number of piperidine rings is 1. The van der Waals surface area contributed by atoms with E-state index in [1.165, 1.54) is 24.5 Å². The van der Waals surface area contributed by atoms with Crippen LogP contribution in [0.1, 0.15) is 37.8 Å². The van der Waals surface area contributed by atoms with Crippen LogP contribution in [0.5, 0.6) is 5.75 Å². The number of carbonyl (C=O) groups is 1. The molecule has 0 aliphatic carbocycles. The zero-order valence-electron chi connectivity index (χ0n) is 27.1. The number of hydroxylamine groups is 1. The highest BCUT2D eigenvalue weighted by molar-refractivity contribution is 6.02. The molecule has 2 atom stereocenters. The molecule has 6 rings (SSSR count). The largest absolute Gasteiger partial charge is 0.494 e. The van der Waals surface area contributed by atoms with Crippen LogP contribution in [0.25, 0.3) is 0 Å². The quantitative estimate of drug-likeness (QED) is 0.305. The molecule has 0 radical (unpaired) electrons. The van der Waals surface area contributed by atoms with Crippen molar-refractivity contribution in [3.8, 4) is 5.75 Å². The predicted octanol–water partition coefficient (Wildman–Crippen LogP) is 5.12. The van der Waals surface area contributed by atoms with E-state index in [2.05, 4.69) is 55.9 Å². The smallest absolute Gasteiger partial charge is 0.247 e. The zero-order valence-corrected chi connectivity index (χ0v) is 27.1. The standard InChI is InChI=1S/C34H42F2N8O3/c1-5-34(45)40-27-17-28(31(46-4)18-30(27)42-9-6-26(7-10-42)43-12-11-41(3)22(2)20-43)39-32-19-33(38-21-37-32)44-29(8-13-47-44)23-14-24(35)16-25(36)15-23/h5,14-19,21-22,26,29H,1,6-13,20H2,2-4H3,(H,40,45)(H,37,38,39)/t22-,29+/m0/s1. The van der Waals surface area contributed by atoms with E-state index in [0.29, 0.717) is 59.4 Å². The molecule has 11 nitrogen and oxygen atoms in total. The molecule has 2 N–H and O–H groups in total. The van der Waals surface area contributed by atoms with Crippen molar-refractivity contribution in [1.82, 2.24) is 19.8 Å². The Morgan fingerprint density at radius 3 is 2.49 bits per heavy atom. The van der Waals surface area contributed by atoms with Crippen molar-refractivity contribution in [3.63, 3.8) is 0 Å². The third kappa shape index (κ3) is 7.32. The summed E-state index contributed by atoms with van der Waals surface area (Å²) in [5.41, 5.74) is 2.52. The normalized spacial score (nSPS) is 21.1. The van der Waals surface area contributed by atoms with Crippen molar-refractivity contribution >= 4 is 34.6 Å². The molecule has 0 spiro atoms. The SMILES string of the molecule is C=CC(=O)Nc1cc(Nc2cc(N3OCC[C@@H]3c3cc(F)cc(F)c3)ncn2)c(OC)cc1N1CCC(N2CCN(C)[C@@H](C)C2)CC1. The summed E-state index contributed by atoms with van der Waals surface area (Å²) in [7, 11) is 3.79. The number of likely N-dealkylation sites (N-methyl/N-ethyl adjacent to an activating group) is 1. The summed E-state index contributed by atoms with van der Waals surface area (Å²) in [5.74, 6) is -0.204. The van der Waals surface area contributed by atoms with Gasteiger partial charge in [-0.1, -0.05) is 6.58 Å². The Balaban J connectivity index is 1.22. The van der Waals surface area contributed by atoms with E-state index >= 15 is 0 Å². The van der Waals surface area contributed by atoms with Gasteiger partial charge in [-0.15, -0.1) is 0 Å². The monoisotopic (exact) mass is 648 g/mol. The molecule has 2 aromatic carbocycles. The maximum atomic E-state index is 14.0. The lowest BCUT2D eigenvalue weighted by Crippen LogP contribution is -2.55. The minimum Gasteiger partial charge on any atom is -0.494 e. The van der Waals surface area contributed by atoms with Crippen LogP contribution in [-0.4, -0.2) is 91.2 Å². The number of piperazine rings is 1. The lowest BCUT2D eigenvalue weighted by Gasteiger charge is -2.45. The Bertz CT molecular complexity index is 1580. The highest BCUT2D eigenvalue weighted by atomic mass is 19.1. The number of nitrogens with one attached hydrogen (secondary N) is 2. The van der Waals surface area contributed by atoms with Crippen molar-refractivity contribution in [2.24, 2.45) is 0 Å². The van der Waals surface area contributed by atoms with E-state index in [9.17, 15) is 13.6 Å². The molecule has 250 valence electrons. The number of ether oxygens (including phenoxy) is 1. The minimum absolute atomic E-state index is 0.320. The fraction of sp³-hybridized carbons (Fsp3) is 0.441. The van der Waals surface area contributed by atoms with E-state index < -0.39 is 17.7 Å². The van der Waals surface area contributed by atoms with E-state index in [4.69, 9.17) is 9.57 Å². The number of aromatic nitrogens is 2. The average molecular weight is 649 g/mol. The molecular weight excluding hydrogens is 606 g/mol. The zero-order chi connectivity index (χ0) is 33.1. The lowest BCUT2D eigenvalue weighted by atomic mass is 10.00. The molecule has 13 heteroatoms. The van der Waals surface area contributed by atoms with Gasteiger partial charge in [0.25, 0.3) is 0 Å². The fourth-order valence-corrected chi connectivity index (χ4v) is 6.70. The molecule has 3 saturated heterocycles. The van der Waals surface area contributed by atoms with Crippen molar-refractivity contribution in [2.45, 2.75) is 44.3 Å². The maximum absolute atomic E-state index is 14.0. The second-order valence-electron chi connectivity index (χ2n) is 12.4. The van der Waals surface area contributed by atoms with Crippen LogP contribution in [0, 0.1) is 11.6 Å². The summed E-state index contributed by atoms with van der Waals surface area (Å²) in [6.07, 6.45) is 5.21. The second-order valence-corrected chi connectivity index (χ2v) is 12.4. The number of halogens is 2. The first-order valence-electron chi connectivity index (χ1n) is 16.0. The van der Waals surface area contributed by atoms with E-state index in [1.807, 2.05) is 12.1 Å². The van der Waals surface area contributed by atoms with Crippen LogP contribution in [0.3, 0.4) is 0 Å². The van der Waals surface area contributed by atoms with Crippen molar-refractivity contribution in [3.05, 3.63) is 72.6 Å². The van der Waals surface area contributed by atoms with Gasteiger partial charge < -0.3 is 25.2 Å². The minimum atomic E-state index is -0.652. The highest BCUT2D eigenvalue weighted by Gasteiger charge is 2.32. The molecule has 4 heterocycles. The third-order valence-electron chi connectivity index (χ3n) is 9.39. The predicted molar refractivity (Wildman–Crippen MR) is 178 cm³/mol. The summed E-state index contributed by atoms with van der Waals surface area (Å²) in [4.78, 5) is 34.5. The Hall–Kier alpha value is -4.33. The first-order chi connectivity index (χ1) is 22.7. The second kappa shape index (κ2) is 14.2. The molecular formula is C34H42F2N8O3. The third-order valence-corrected chi connectivity index (χ3v) is 9.39. The van der Waals surface area contributed by atoms with Crippen molar-refractivity contribution in [2.75, 3.05) is 74.1 Å². The number of hydrogen-bond acceptors (Lipinski definition) is 10. The van der Waals surface area contributed by atoms with Crippen LogP contribution < -0.4 is 25.3 Å². The first kappa shape index (κ1) is 32.6. The van der Waals surface area contributed by atoms with Crippen molar-refractivity contribution < 1.29 is 23.1 Å². The van der Waals surface area contributed by atoms with Crippen LogP contribution in [0.2, 0.25) is 0 Å². The Morgan fingerprint density at radius 2 is 1.79 bits per heavy atom. The molecule has 0 saturated carbocycles. The molecule has 0 bridgehead atoms. The van der Waals surface area contributed by atoms with Gasteiger partial charge in [0.2, 0.25) is 5.91 Å². The van der Waals surface area contributed by atoms with Gasteiger partial charge in [-0.2, -0.15) is 0 Å². The van der Waals surface area contributed by atoms with Gasteiger partial charge in [0.05, 0.1) is 36.8 Å². The van der Waals surface area contributed by atoms with E-state index in [-0.39, 0.29) is 5.91 Å². The van der Waals surface area contributed by atoms with Crippen LogP contribution in [-0.2, 0) is 9.63 Å². The summed E-state index contributed by atoms with van der Waals surface area (Å²) >= 11 is 0. The topological polar surface area (TPSA) is 98.3 Å². The number of hydrogen-bond donors (Lipinski definition) is 2. The van der Waals surface area contributed by atoms with Crippen LogP contribution in [0.15, 0.2) is 55.4 Å². The number of nitrogens with zero attached hydrogens (tertiary/aromatic N) is 6. The average Bonchev–Trinajstić information content (AvgIpc) is 3.56. The van der Waals surface area contributed by atoms with Gasteiger partial charge in [0.15, 0.2) is 5.82 Å². The Morgan fingerprint density at radius 1 is 1.02 bits per heavy atom. The molecule has 1 amide bonds. The number of anilines is 5. The molecule has 1 aromatic heterocycles. The van der Waals surface area contributed by atoms with Crippen LogP contribution in [0.4, 0.5) is 37.5 Å². The maximum Gasteiger partial charge on any atom is 0.247 e. The first-order valence-corrected chi connectivity index (χ1v) is 16.0. The fourth-order valence-electron chi connectivity index (χ4n) is 6.70. The van der Waals surface area contributed by atoms with Gasteiger partial charge in [0.1, 0.15) is 29.5 Å². The van der Waals surface area contributed by atoms with Crippen molar-refractivity contribution in [1.29, 1.82) is 0 Å². The molecule has 3 aliphatic rings. The summed E-state index contributed by atoms with van der Waals surface area (Å²) < 4.78 is 33.8.